The topological polar surface area (TPSA) is 66.6 Å². The molecule has 2 N–H and O–H groups in total. The average molecular weight is 392 g/mol. The van der Waals surface area contributed by atoms with Crippen molar-refractivity contribution in [2.24, 2.45) is 5.73 Å². The summed E-state index contributed by atoms with van der Waals surface area (Å²) in [7, 11) is 0. The predicted octanol–water partition coefficient (Wildman–Crippen LogP) is 3.58. The largest absolute Gasteiger partial charge is 0.327 e. The lowest BCUT2D eigenvalue weighted by Gasteiger charge is -2.42. The minimum atomic E-state index is -0.736. The van der Waals surface area contributed by atoms with Gasteiger partial charge in [0.25, 0.3) is 0 Å². The summed E-state index contributed by atoms with van der Waals surface area (Å²) in [4.78, 5) is 29.5. The molecule has 0 spiro atoms. The Kier molecular flexibility index (Phi) is 5.41. The van der Waals surface area contributed by atoms with Gasteiger partial charge in [0.2, 0.25) is 11.8 Å². The normalized spacial score (nSPS) is 20.6. The van der Waals surface area contributed by atoms with Gasteiger partial charge in [0.1, 0.15) is 6.54 Å². The van der Waals surface area contributed by atoms with Gasteiger partial charge in [0.15, 0.2) is 0 Å². The Morgan fingerprint density at radius 3 is 2.52 bits per heavy atom. The Hall–Kier alpha value is -2.66. The van der Waals surface area contributed by atoms with Gasteiger partial charge in [-0.3, -0.25) is 9.59 Å². The lowest BCUT2D eigenvalue weighted by molar-refractivity contribution is -0.141. The fourth-order valence-electron chi connectivity index (χ4n) is 4.06. The summed E-state index contributed by atoms with van der Waals surface area (Å²) in [5, 5.41) is 0. The monoisotopic (exact) mass is 391 g/mol. The molecule has 5 heteroatoms. The Bertz CT molecular complexity index is 892. The van der Waals surface area contributed by atoms with Gasteiger partial charge in [-0.05, 0) is 42.5 Å². The van der Waals surface area contributed by atoms with Crippen molar-refractivity contribution in [1.82, 2.24) is 4.90 Å². The maximum absolute atomic E-state index is 13.0. The number of anilines is 1. The second kappa shape index (κ2) is 7.99. The first-order valence-corrected chi connectivity index (χ1v) is 10.6. The van der Waals surface area contributed by atoms with E-state index < -0.39 is 5.54 Å². The number of carbonyl (C=O) groups excluding carboxylic acids is 2. The second-order valence-electron chi connectivity index (χ2n) is 8.31. The number of rotatable bonds is 6. The number of carbonyl (C=O) groups is 2. The summed E-state index contributed by atoms with van der Waals surface area (Å²) >= 11 is 0. The first-order valence-electron chi connectivity index (χ1n) is 10.6. The summed E-state index contributed by atoms with van der Waals surface area (Å²) in [6.07, 6.45) is 4.42. The first-order chi connectivity index (χ1) is 14.0. The molecule has 29 heavy (non-hydrogen) atoms. The summed E-state index contributed by atoms with van der Waals surface area (Å²) in [6, 6.07) is 18.3. The van der Waals surface area contributed by atoms with Crippen molar-refractivity contribution in [3.63, 3.8) is 0 Å². The van der Waals surface area contributed by atoms with E-state index in [0.717, 1.165) is 48.9 Å². The van der Waals surface area contributed by atoms with E-state index in [-0.39, 0.29) is 24.4 Å². The zero-order valence-electron chi connectivity index (χ0n) is 17.0. The molecule has 0 bridgehead atoms. The zero-order chi connectivity index (χ0) is 20.4. The number of unbranched alkanes of at least 4 members (excludes halogenated alkanes) is 1. The fourth-order valence-corrected chi connectivity index (χ4v) is 4.06. The van der Waals surface area contributed by atoms with Crippen LogP contribution in [0, 0.1) is 0 Å². The van der Waals surface area contributed by atoms with Gasteiger partial charge in [-0.25, -0.2) is 0 Å². The molecule has 5 nitrogen and oxygen atoms in total. The van der Waals surface area contributed by atoms with Crippen molar-refractivity contribution < 1.29 is 9.59 Å². The molecule has 2 aromatic rings. The van der Waals surface area contributed by atoms with E-state index in [4.69, 9.17) is 5.73 Å². The quantitative estimate of drug-likeness (QED) is 0.818. The van der Waals surface area contributed by atoms with Gasteiger partial charge in [0, 0.05) is 12.2 Å². The Morgan fingerprint density at radius 1 is 1.10 bits per heavy atom. The molecule has 1 heterocycles. The molecule has 0 unspecified atom stereocenters. The molecular weight excluding hydrogens is 362 g/mol. The van der Waals surface area contributed by atoms with Gasteiger partial charge in [0.05, 0.1) is 11.6 Å². The summed E-state index contributed by atoms with van der Waals surface area (Å²) in [5.41, 5.74) is 8.53. The molecule has 1 saturated carbocycles. The molecule has 1 aliphatic heterocycles. The lowest BCUT2D eigenvalue weighted by Crippen LogP contribution is -2.61. The van der Waals surface area contributed by atoms with Crippen LogP contribution >= 0.6 is 0 Å². The standard InChI is InChI=1S/C24H29N3O2/c1-2-3-11-21-16-26(22(28)17-27(21)23(29)24(25)13-14-24)20-12-7-10-19(15-20)18-8-5-4-6-9-18/h4-10,12,15,21H,2-3,11,13-14,16-17,25H2,1H3/t21-/m1/s1. The van der Waals surface area contributed by atoms with Gasteiger partial charge in [-0.2, -0.15) is 0 Å². The number of hydrogen-bond acceptors (Lipinski definition) is 3. The van der Waals surface area contributed by atoms with Crippen molar-refractivity contribution in [3.8, 4) is 11.1 Å². The van der Waals surface area contributed by atoms with Crippen LogP contribution in [0.4, 0.5) is 5.69 Å². The lowest BCUT2D eigenvalue weighted by atomic mass is 10.0. The van der Waals surface area contributed by atoms with Gasteiger partial charge in [-0.1, -0.05) is 62.2 Å². The zero-order valence-corrected chi connectivity index (χ0v) is 17.0. The SMILES string of the molecule is CCCC[C@@H]1CN(c2cccc(-c3ccccc3)c2)C(=O)CN1C(=O)C1(N)CC1. The van der Waals surface area contributed by atoms with Crippen molar-refractivity contribution in [2.45, 2.75) is 50.6 Å². The summed E-state index contributed by atoms with van der Waals surface area (Å²) < 4.78 is 0. The Morgan fingerprint density at radius 2 is 1.83 bits per heavy atom. The molecule has 4 rings (SSSR count). The molecule has 0 radical (unpaired) electrons. The van der Waals surface area contributed by atoms with Crippen molar-refractivity contribution in [2.75, 3.05) is 18.0 Å². The number of nitrogens with zero attached hydrogens (tertiary/aromatic N) is 2. The molecule has 1 aliphatic carbocycles. The third-order valence-corrected chi connectivity index (χ3v) is 6.07. The minimum absolute atomic E-state index is 0.0153. The average Bonchev–Trinajstić information content (AvgIpc) is 3.51. The molecule has 0 aromatic heterocycles. The molecule has 2 fully saturated rings. The van der Waals surface area contributed by atoms with Crippen molar-refractivity contribution in [3.05, 3.63) is 54.6 Å². The fraction of sp³-hybridized carbons (Fsp3) is 0.417. The van der Waals surface area contributed by atoms with Crippen molar-refractivity contribution in [1.29, 1.82) is 0 Å². The van der Waals surface area contributed by atoms with Gasteiger partial charge >= 0.3 is 0 Å². The smallest absolute Gasteiger partial charge is 0.246 e. The molecule has 152 valence electrons. The third-order valence-electron chi connectivity index (χ3n) is 6.07. The Balaban J connectivity index is 1.58. The maximum Gasteiger partial charge on any atom is 0.246 e. The van der Waals surface area contributed by atoms with Crippen LogP contribution in [0.5, 0.6) is 0 Å². The van der Waals surface area contributed by atoms with E-state index in [9.17, 15) is 9.59 Å². The molecule has 2 aromatic carbocycles. The maximum atomic E-state index is 13.0. The molecule has 1 saturated heterocycles. The Labute approximate surface area is 172 Å². The van der Waals surface area contributed by atoms with Gasteiger partial charge < -0.3 is 15.5 Å². The third kappa shape index (κ3) is 4.06. The highest BCUT2D eigenvalue weighted by Gasteiger charge is 2.51. The van der Waals surface area contributed by atoms with Crippen LogP contribution in [0.25, 0.3) is 11.1 Å². The summed E-state index contributed by atoms with van der Waals surface area (Å²) in [6.45, 7) is 2.78. The van der Waals surface area contributed by atoms with Crippen LogP contribution in [-0.4, -0.2) is 41.4 Å². The molecule has 2 amide bonds. The van der Waals surface area contributed by atoms with Crippen LogP contribution in [-0.2, 0) is 9.59 Å². The molecule has 2 aliphatic rings. The predicted molar refractivity (Wildman–Crippen MR) is 115 cm³/mol. The highest BCUT2D eigenvalue weighted by atomic mass is 16.2. The summed E-state index contributed by atoms with van der Waals surface area (Å²) in [5.74, 6) is -0.0924. The van der Waals surface area contributed by atoms with E-state index >= 15 is 0 Å². The number of hydrogen-bond donors (Lipinski definition) is 1. The number of amides is 2. The number of nitrogens with two attached hydrogens (primary N) is 1. The van der Waals surface area contributed by atoms with Crippen LogP contribution in [0.2, 0.25) is 0 Å². The number of benzene rings is 2. The van der Waals surface area contributed by atoms with Crippen molar-refractivity contribution >= 4 is 17.5 Å². The molecular formula is C24H29N3O2. The van der Waals surface area contributed by atoms with E-state index in [1.165, 1.54) is 0 Å². The van der Waals surface area contributed by atoms with E-state index in [2.05, 4.69) is 31.2 Å². The highest BCUT2D eigenvalue weighted by molar-refractivity contribution is 6.00. The van der Waals surface area contributed by atoms with E-state index in [1.54, 1.807) is 4.90 Å². The number of piperazine rings is 1. The highest BCUT2D eigenvalue weighted by Crippen LogP contribution is 2.36. The molecule has 1 atom stereocenters. The minimum Gasteiger partial charge on any atom is -0.327 e. The van der Waals surface area contributed by atoms with Crippen LogP contribution in [0.3, 0.4) is 0 Å². The van der Waals surface area contributed by atoms with Crippen LogP contribution in [0.15, 0.2) is 54.6 Å². The van der Waals surface area contributed by atoms with Gasteiger partial charge in [-0.15, -0.1) is 0 Å². The van der Waals surface area contributed by atoms with Crippen LogP contribution < -0.4 is 10.6 Å². The van der Waals surface area contributed by atoms with E-state index in [1.807, 2.05) is 35.2 Å². The first kappa shape index (κ1) is 19.6. The van der Waals surface area contributed by atoms with Crippen LogP contribution in [0.1, 0.15) is 39.0 Å². The van der Waals surface area contributed by atoms with E-state index in [0.29, 0.717) is 6.54 Å². The second-order valence-corrected chi connectivity index (χ2v) is 8.31.